The molecule has 0 bridgehead atoms. The zero-order chi connectivity index (χ0) is 16.9. The van der Waals surface area contributed by atoms with Gasteiger partial charge in [0.05, 0.1) is 18.4 Å². The van der Waals surface area contributed by atoms with Crippen molar-refractivity contribution in [1.29, 1.82) is 0 Å². The van der Waals surface area contributed by atoms with Gasteiger partial charge in [0, 0.05) is 18.3 Å². The molecule has 0 spiro atoms. The lowest BCUT2D eigenvalue weighted by Gasteiger charge is -2.30. The highest BCUT2D eigenvalue weighted by molar-refractivity contribution is 7.89. The Bertz CT molecular complexity index is 642. The number of esters is 1. The summed E-state index contributed by atoms with van der Waals surface area (Å²) >= 11 is 0. The van der Waals surface area contributed by atoms with E-state index in [-0.39, 0.29) is 23.1 Å². The molecule has 1 aliphatic rings. The van der Waals surface area contributed by atoms with Crippen molar-refractivity contribution in [3.05, 3.63) is 18.3 Å². The maximum absolute atomic E-state index is 12.6. The number of carbonyl (C=O) groups is 1. The summed E-state index contributed by atoms with van der Waals surface area (Å²) in [6, 6.07) is 2.22. The Kier molecular flexibility index (Phi) is 5.95. The van der Waals surface area contributed by atoms with Gasteiger partial charge in [-0.2, -0.15) is 0 Å². The Morgan fingerprint density at radius 3 is 2.74 bits per heavy atom. The summed E-state index contributed by atoms with van der Waals surface area (Å²) in [5.74, 6) is -0.149. The summed E-state index contributed by atoms with van der Waals surface area (Å²) in [5.41, 5.74) is 5.55. The maximum atomic E-state index is 12.6. The lowest BCUT2D eigenvalue weighted by Crippen LogP contribution is -2.42. The van der Waals surface area contributed by atoms with Gasteiger partial charge in [0.1, 0.15) is 5.82 Å². The first-order valence-corrected chi connectivity index (χ1v) is 9.21. The first kappa shape index (κ1) is 17.7. The first-order valence-electron chi connectivity index (χ1n) is 7.73. The second kappa shape index (κ2) is 7.74. The fourth-order valence-electron chi connectivity index (χ4n) is 2.97. The van der Waals surface area contributed by atoms with Gasteiger partial charge >= 0.3 is 5.97 Å². The number of nitrogens with zero attached hydrogens (tertiary/aromatic N) is 1. The molecule has 1 aromatic heterocycles. The van der Waals surface area contributed by atoms with Gasteiger partial charge in [-0.1, -0.05) is 19.3 Å². The summed E-state index contributed by atoms with van der Waals surface area (Å²) in [4.78, 5) is 15.5. The van der Waals surface area contributed by atoms with Crippen molar-refractivity contribution in [3.63, 3.8) is 0 Å². The van der Waals surface area contributed by atoms with E-state index in [1.807, 2.05) is 0 Å². The minimum absolute atomic E-state index is 0.0287. The van der Waals surface area contributed by atoms with Crippen LogP contribution in [-0.4, -0.2) is 32.5 Å². The number of hydrogen-bond donors (Lipinski definition) is 2. The molecule has 1 atom stereocenters. The predicted octanol–water partition coefficient (Wildman–Crippen LogP) is 1.45. The van der Waals surface area contributed by atoms with E-state index >= 15 is 0 Å². The highest BCUT2D eigenvalue weighted by Gasteiger charge is 2.30. The zero-order valence-corrected chi connectivity index (χ0v) is 14.0. The van der Waals surface area contributed by atoms with Crippen LogP contribution < -0.4 is 10.5 Å². The molecule has 1 aromatic rings. The van der Waals surface area contributed by atoms with Gasteiger partial charge in [0.15, 0.2) is 0 Å². The standard InChI is InChI=1S/C15H23N3O4S/c1-22-15(19)10-13(11-5-3-2-4-6-11)18-23(20,21)12-7-8-17-14(16)9-12/h7-9,11,13,18H,2-6,10H2,1H3,(H2,16,17)/t13-/m1/s1. The molecule has 0 amide bonds. The van der Waals surface area contributed by atoms with Crippen molar-refractivity contribution in [1.82, 2.24) is 9.71 Å². The van der Waals surface area contributed by atoms with Crippen LogP contribution in [0.4, 0.5) is 5.82 Å². The monoisotopic (exact) mass is 341 g/mol. The summed E-state index contributed by atoms with van der Waals surface area (Å²) < 4.78 is 32.5. The van der Waals surface area contributed by atoms with Crippen LogP contribution in [0.3, 0.4) is 0 Å². The van der Waals surface area contributed by atoms with Crippen molar-refractivity contribution >= 4 is 21.8 Å². The van der Waals surface area contributed by atoms with E-state index in [1.165, 1.54) is 25.4 Å². The van der Waals surface area contributed by atoms with E-state index in [0.29, 0.717) is 0 Å². The molecule has 0 saturated heterocycles. The van der Waals surface area contributed by atoms with Crippen LogP contribution in [0.2, 0.25) is 0 Å². The van der Waals surface area contributed by atoms with Crippen LogP contribution in [-0.2, 0) is 19.6 Å². The molecule has 1 heterocycles. The molecule has 1 aliphatic carbocycles. The molecule has 1 fully saturated rings. The van der Waals surface area contributed by atoms with E-state index in [2.05, 4.69) is 9.71 Å². The van der Waals surface area contributed by atoms with Crippen LogP contribution in [0.1, 0.15) is 38.5 Å². The average molecular weight is 341 g/mol. The lowest BCUT2D eigenvalue weighted by molar-refractivity contribution is -0.141. The van der Waals surface area contributed by atoms with E-state index < -0.39 is 22.0 Å². The lowest BCUT2D eigenvalue weighted by atomic mass is 9.83. The number of methoxy groups -OCH3 is 1. The molecule has 0 aromatic carbocycles. The number of nitrogen functional groups attached to an aromatic ring is 1. The molecule has 3 N–H and O–H groups in total. The van der Waals surface area contributed by atoms with Gasteiger partial charge in [0.2, 0.25) is 10.0 Å². The molecule has 0 aliphatic heterocycles. The first-order chi connectivity index (χ1) is 10.9. The molecule has 1 saturated carbocycles. The van der Waals surface area contributed by atoms with Crippen LogP contribution in [0.15, 0.2) is 23.2 Å². The van der Waals surface area contributed by atoms with Gasteiger partial charge in [-0.15, -0.1) is 0 Å². The number of nitrogens with one attached hydrogen (secondary N) is 1. The summed E-state index contributed by atoms with van der Waals surface area (Å²) in [6.45, 7) is 0. The number of sulfonamides is 1. The van der Waals surface area contributed by atoms with Gasteiger partial charge < -0.3 is 10.5 Å². The Hall–Kier alpha value is -1.67. The van der Waals surface area contributed by atoms with E-state index in [9.17, 15) is 13.2 Å². The third kappa shape index (κ3) is 4.90. The third-order valence-corrected chi connectivity index (χ3v) is 5.69. The van der Waals surface area contributed by atoms with Crippen molar-refractivity contribution < 1.29 is 17.9 Å². The number of rotatable bonds is 6. The summed E-state index contributed by atoms with van der Waals surface area (Å²) in [6.07, 6.45) is 6.43. The smallest absolute Gasteiger partial charge is 0.307 e. The van der Waals surface area contributed by atoms with Crippen molar-refractivity contribution in [3.8, 4) is 0 Å². The van der Waals surface area contributed by atoms with E-state index in [0.717, 1.165) is 32.1 Å². The number of ether oxygens (including phenoxy) is 1. The molecule has 7 nitrogen and oxygen atoms in total. The maximum Gasteiger partial charge on any atom is 0.307 e. The normalized spacial score (nSPS) is 17.6. The van der Waals surface area contributed by atoms with Crippen molar-refractivity contribution in [2.75, 3.05) is 12.8 Å². The van der Waals surface area contributed by atoms with Gasteiger partial charge in [-0.25, -0.2) is 18.1 Å². The third-order valence-electron chi connectivity index (χ3n) is 4.20. The Morgan fingerprint density at radius 1 is 1.43 bits per heavy atom. The number of carbonyl (C=O) groups excluding carboxylic acids is 1. The molecule has 0 unspecified atom stereocenters. The fourth-order valence-corrected chi connectivity index (χ4v) is 4.29. The summed E-state index contributed by atoms with van der Waals surface area (Å²) in [5, 5.41) is 0. The number of nitrogens with two attached hydrogens (primary N) is 1. The highest BCUT2D eigenvalue weighted by Crippen LogP contribution is 2.29. The number of aromatic nitrogens is 1. The minimum Gasteiger partial charge on any atom is -0.469 e. The molecular weight excluding hydrogens is 318 g/mol. The second-order valence-corrected chi connectivity index (χ2v) is 7.54. The quantitative estimate of drug-likeness (QED) is 0.758. The number of pyridine rings is 1. The van der Waals surface area contributed by atoms with Crippen LogP contribution in [0.5, 0.6) is 0 Å². The van der Waals surface area contributed by atoms with Crippen LogP contribution in [0.25, 0.3) is 0 Å². The molecular formula is C15H23N3O4S. The predicted molar refractivity (Wildman–Crippen MR) is 86.0 cm³/mol. The number of hydrogen-bond acceptors (Lipinski definition) is 6. The SMILES string of the molecule is COC(=O)C[C@@H](NS(=O)(=O)c1ccnc(N)c1)C1CCCCC1. The van der Waals surface area contributed by atoms with E-state index in [1.54, 1.807) is 0 Å². The van der Waals surface area contributed by atoms with Crippen LogP contribution in [0, 0.1) is 5.92 Å². The summed E-state index contributed by atoms with van der Waals surface area (Å²) in [7, 11) is -2.46. The van der Waals surface area contributed by atoms with Gasteiger partial charge in [0.25, 0.3) is 0 Å². The second-order valence-electron chi connectivity index (χ2n) is 5.82. The molecule has 128 valence electrons. The minimum atomic E-state index is -3.76. The topological polar surface area (TPSA) is 111 Å². The Morgan fingerprint density at radius 2 is 2.13 bits per heavy atom. The van der Waals surface area contributed by atoms with Crippen molar-refractivity contribution in [2.24, 2.45) is 5.92 Å². The average Bonchev–Trinajstić information content (AvgIpc) is 2.54. The Balaban J connectivity index is 2.19. The van der Waals surface area contributed by atoms with Gasteiger partial charge in [-0.3, -0.25) is 4.79 Å². The van der Waals surface area contributed by atoms with Crippen LogP contribution >= 0.6 is 0 Å². The highest BCUT2D eigenvalue weighted by atomic mass is 32.2. The Labute approximate surface area is 136 Å². The number of anilines is 1. The molecule has 8 heteroatoms. The van der Waals surface area contributed by atoms with E-state index in [4.69, 9.17) is 10.5 Å². The largest absolute Gasteiger partial charge is 0.469 e. The van der Waals surface area contributed by atoms with Crippen molar-refractivity contribution in [2.45, 2.75) is 49.5 Å². The van der Waals surface area contributed by atoms with Gasteiger partial charge in [-0.05, 0) is 24.8 Å². The molecule has 23 heavy (non-hydrogen) atoms. The molecule has 0 radical (unpaired) electrons. The molecule has 2 rings (SSSR count). The fraction of sp³-hybridized carbons (Fsp3) is 0.600. The zero-order valence-electron chi connectivity index (χ0n) is 13.2.